The number of para-hydroxylation sites is 2. The van der Waals surface area contributed by atoms with E-state index in [1.54, 1.807) is 29.5 Å². The average Bonchev–Trinajstić information content (AvgIpc) is 3.38. The number of aromatic nitrogens is 1. The molecule has 5 rings (SSSR count). The lowest BCUT2D eigenvalue weighted by molar-refractivity contribution is 0.0948. The topological polar surface area (TPSA) is 94.6 Å². The van der Waals surface area contributed by atoms with E-state index in [1.165, 1.54) is 28.5 Å². The highest BCUT2D eigenvalue weighted by Crippen LogP contribution is 2.31. The summed E-state index contributed by atoms with van der Waals surface area (Å²) >= 11 is 1.73. The third-order valence-electron chi connectivity index (χ3n) is 6.77. The average molecular weight is 568 g/mol. The van der Waals surface area contributed by atoms with Gasteiger partial charge in [-0.3, -0.25) is 14.4 Å². The van der Waals surface area contributed by atoms with Crippen molar-refractivity contribution < 1.29 is 17.6 Å². The van der Waals surface area contributed by atoms with E-state index in [4.69, 9.17) is 4.98 Å². The molecule has 1 saturated heterocycles. The van der Waals surface area contributed by atoms with Crippen LogP contribution in [0.25, 0.3) is 10.2 Å². The zero-order valence-corrected chi connectivity index (χ0v) is 23.2. The van der Waals surface area contributed by atoms with Crippen LogP contribution < -0.4 is 14.9 Å². The van der Waals surface area contributed by atoms with Crippen molar-refractivity contribution in [2.75, 3.05) is 48.9 Å². The zero-order chi connectivity index (χ0) is 27.4. The van der Waals surface area contributed by atoms with Crippen molar-refractivity contribution in [3.63, 3.8) is 0 Å². The van der Waals surface area contributed by atoms with Crippen LogP contribution in [0, 0.1) is 5.82 Å². The molecule has 8 nitrogen and oxygen atoms in total. The summed E-state index contributed by atoms with van der Waals surface area (Å²) in [6.07, 6.45) is 0.963. The van der Waals surface area contributed by atoms with E-state index in [2.05, 4.69) is 45.0 Å². The SMILES string of the molecule is CCc1cccc2sc(N3CCN(CCNC(=O)c4ccccc4NS(=O)(=O)c4ccc(F)cc4)CC3)nc12. The molecule has 0 bridgehead atoms. The fraction of sp³-hybridized carbons (Fsp3) is 0.286. The van der Waals surface area contributed by atoms with Crippen molar-refractivity contribution in [3.8, 4) is 0 Å². The van der Waals surface area contributed by atoms with E-state index in [0.717, 1.165) is 55.4 Å². The molecule has 0 unspecified atom stereocenters. The minimum Gasteiger partial charge on any atom is -0.351 e. The number of rotatable bonds is 9. The van der Waals surface area contributed by atoms with Crippen LogP contribution in [0.1, 0.15) is 22.8 Å². The number of fused-ring (bicyclic) bond motifs is 1. The maximum Gasteiger partial charge on any atom is 0.261 e. The minimum atomic E-state index is -3.98. The molecule has 11 heteroatoms. The molecule has 1 aliphatic heterocycles. The molecule has 0 aliphatic carbocycles. The Bertz CT molecular complexity index is 1570. The first-order valence-corrected chi connectivity index (χ1v) is 15.2. The Morgan fingerprint density at radius 1 is 1.00 bits per heavy atom. The van der Waals surface area contributed by atoms with Gasteiger partial charge in [-0.2, -0.15) is 0 Å². The highest BCUT2D eigenvalue weighted by molar-refractivity contribution is 7.92. The van der Waals surface area contributed by atoms with E-state index in [0.29, 0.717) is 13.1 Å². The Morgan fingerprint density at radius 3 is 2.49 bits per heavy atom. The Morgan fingerprint density at radius 2 is 1.74 bits per heavy atom. The fourth-order valence-corrected chi connectivity index (χ4v) is 6.73. The summed E-state index contributed by atoms with van der Waals surface area (Å²) in [4.78, 5) is 22.4. The van der Waals surface area contributed by atoms with Crippen molar-refractivity contribution in [1.29, 1.82) is 0 Å². The van der Waals surface area contributed by atoms with Crippen LogP contribution >= 0.6 is 11.3 Å². The second-order valence-electron chi connectivity index (χ2n) is 9.30. The summed E-state index contributed by atoms with van der Waals surface area (Å²) in [6, 6.07) is 17.3. The number of halogens is 1. The number of sulfonamides is 1. The van der Waals surface area contributed by atoms with Gasteiger partial charge >= 0.3 is 0 Å². The molecule has 1 aromatic heterocycles. The van der Waals surface area contributed by atoms with Gasteiger partial charge in [-0.15, -0.1) is 0 Å². The lowest BCUT2D eigenvalue weighted by Crippen LogP contribution is -2.48. The number of nitrogens with one attached hydrogen (secondary N) is 2. The Hall–Kier alpha value is -3.54. The van der Waals surface area contributed by atoms with Gasteiger partial charge in [0.1, 0.15) is 5.82 Å². The van der Waals surface area contributed by atoms with Gasteiger partial charge in [-0.05, 0) is 54.4 Å². The van der Waals surface area contributed by atoms with Crippen LogP contribution in [-0.4, -0.2) is 63.5 Å². The molecule has 2 heterocycles. The van der Waals surface area contributed by atoms with E-state index in [-0.39, 0.29) is 22.1 Å². The number of aryl methyl sites for hydroxylation is 1. The lowest BCUT2D eigenvalue weighted by Gasteiger charge is -2.34. The predicted molar refractivity (Wildman–Crippen MR) is 154 cm³/mol. The van der Waals surface area contributed by atoms with E-state index >= 15 is 0 Å². The predicted octanol–water partition coefficient (Wildman–Crippen LogP) is 4.35. The summed E-state index contributed by atoms with van der Waals surface area (Å²) < 4.78 is 42.4. The zero-order valence-electron chi connectivity index (χ0n) is 21.6. The molecule has 3 aromatic carbocycles. The largest absolute Gasteiger partial charge is 0.351 e. The molecule has 204 valence electrons. The third kappa shape index (κ3) is 6.21. The van der Waals surface area contributed by atoms with Crippen molar-refractivity contribution in [1.82, 2.24) is 15.2 Å². The number of amides is 1. The summed E-state index contributed by atoms with van der Waals surface area (Å²) in [7, 11) is -3.98. The van der Waals surface area contributed by atoms with Crippen LogP contribution in [0.2, 0.25) is 0 Å². The number of hydrogen-bond donors (Lipinski definition) is 2. The molecule has 39 heavy (non-hydrogen) atoms. The fourth-order valence-electron chi connectivity index (χ4n) is 4.59. The first-order valence-electron chi connectivity index (χ1n) is 12.9. The van der Waals surface area contributed by atoms with Gasteiger partial charge in [0.05, 0.1) is 26.4 Å². The maximum absolute atomic E-state index is 13.2. The molecule has 1 aliphatic rings. The van der Waals surface area contributed by atoms with Crippen molar-refractivity contribution in [3.05, 3.63) is 83.7 Å². The molecule has 1 amide bonds. The monoisotopic (exact) mass is 567 g/mol. The first-order chi connectivity index (χ1) is 18.8. The number of anilines is 2. The third-order valence-corrected chi connectivity index (χ3v) is 9.23. The summed E-state index contributed by atoms with van der Waals surface area (Å²) in [5, 5.41) is 3.96. The summed E-state index contributed by atoms with van der Waals surface area (Å²) in [5.74, 6) is -0.898. The molecular weight excluding hydrogens is 537 g/mol. The highest BCUT2D eigenvalue weighted by atomic mass is 32.2. The van der Waals surface area contributed by atoms with Gasteiger partial charge in [0.15, 0.2) is 5.13 Å². The second kappa shape index (κ2) is 11.7. The quantitative estimate of drug-likeness (QED) is 0.312. The number of nitrogens with zero attached hydrogens (tertiary/aromatic N) is 3. The Balaban J connectivity index is 1.14. The molecule has 0 radical (unpaired) electrons. The van der Waals surface area contributed by atoms with Crippen LogP contribution in [-0.2, 0) is 16.4 Å². The number of carbonyl (C=O) groups is 1. The van der Waals surface area contributed by atoms with Crippen molar-refractivity contribution in [2.24, 2.45) is 0 Å². The van der Waals surface area contributed by atoms with Gasteiger partial charge in [0.2, 0.25) is 0 Å². The van der Waals surface area contributed by atoms with Crippen LogP contribution in [0.5, 0.6) is 0 Å². The molecule has 0 atom stereocenters. The number of hydrogen-bond acceptors (Lipinski definition) is 7. The first kappa shape index (κ1) is 27.0. The van der Waals surface area contributed by atoms with Crippen LogP contribution in [0.3, 0.4) is 0 Å². The van der Waals surface area contributed by atoms with Crippen LogP contribution in [0.15, 0.2) is 71.6 Å². The van der Waals surface area contributed by atoms with Crippen LogP contribution in [0.4, 0.5) is 15.2 Å². The van der Waals surface area contributed by atoms with Gasteiger partial charge in [-0.25, -0.2) is 17.8 Å². The Kier molecular flexibility index (Phi) is 8.10. The standard InChI is InChI=1S/C28H30FN5O3S2/c1-2-20-6-5-9-25-26(20)31-28(38-25)34-18-16-33(17-19-34)15-14-30-27(35)23-7-3-4-8-24(23)32-39(36,37)22-12-10-21(29)11-13-22/h3-13,32H,2,14-19H2,1H3,(H,30,35). The lowest BCUT2D eigenvalue weighted by atomic mass is 10.1. The molecule has 0 spiro atoms. The minimum absolute atomic E-state index is 0.0881. The maximum atomic E-state index is 13.2. The van der Waals surface area contributed by atoms with E-state index in [1.807, 2.05) is 0 Å². The number of piperazine rings is 1. The molecule has 0 saturated carbocycles. The van der Waals surface area contributed by atoms with Gasteiger partial charge in [0, 0.05) is 39.3 Å². The number of thiazole rings is 1. The number of benzene rings is 3. The van der Waals surface area contributed by atoms with Crippen molar-refractivity contribution in [2.45, 2.75) is 18.2 Å². The molecule has 4 aromatic rings. The molecule has 2 N–H and O–H groups in total. The molecular formula is C28H30FN5O3S2. The normalized spacial score (nSPS) is 14.5. The Labute approximate surface area is 231 Å². The van der Waals surface area contributed by atoms with E-state index in [9.17, 15) is 17.6 Å². The second-order valence-corrected chi connectivity index (χ2v) is 12.0. The highest BCUT2D eigenvalue weighted by Gasteiger charge is 2.22. The summed E-state index contributed by atoms with van der Waals surface area (Å²) in [5.41, 5.74) is 2.75. The smallest absolute Gasteiger partial charge is 0.261 e. The van der Waals surface area contributed by atoms with Gasteiger partial charge in [0.25, 0.3) is 15.9 Å². The summed E-state index contributed by atoms with van der Waals surface area (Å²) in [6.45, 7) is 6.71. The number of carbonyl (C=O) groups excluding carboxylic acids is 1. The van der Waals surface area contributed by atoms with Gasteiger partial charge < -0.3 is 10.2 Å². The van der Waals surface area contributed by atoms with E-state index < -0.39 is 15.8 Å². The molecule has 1 fully saturated rings. The van der Waals surface area contributed by atoms with Gasteiger partial charge in [-0.1, -0.05) is 42.5 Å². The van der Waals surface area contributed by atoms with Crippen molar-refractivity contribution >= 4 is 48.3 Å².